The lowest BCUT2D eigenvalue weighted by Gasteiger charge is -2.11. The molecule has 0 saturated heterocycles. The second kappa shape index (κ2) is 8.24. The van der Waals surface area contributed by atoms with Crippen LogP contribution < -0.4 is 5.56 Å². The fraction of sp³-hybridized carbons (Fsp3) is 0.154. The van der Waals surface area contributed by atoms with Gasteiger partial charge in [-0.1, -0.05) is 59.6 Å². The number of benzene rings is 3. The average molecular weight is 446 g/mol. The van der Waals surface area contributed by atoms with E-state index >= 15 is 0 Å². The lowest BCUT2D eigenvalue weighted by molar-refractivity contribution is 0.603. The molecule has 2 aromatic heterocycles. The Kier molecular flexibility index (Phi) is 5.27. The Labute approximate surface area is 189 Å². The zero-order chi connectivity index (χ0) is 22.2. The molecule has 0 amide bonds. The van der Waals surface area contributed by atoms with Crippen molar-refractivity contribution >= 4 is 33.5 Å². The number of hydrogen-bond donors (Lipinski definition) is 0. The molecule has 0 radical (unpaired) electrons. The number of aromatic nitrogens is 3. The minimum atomic E-state index is -0.395. The van der Waals surface area contributed by atoms with Crippen molar-refractivity contribution in [3.05, 3.63) is 111 Å². The first-order valence-corrected chi connectivity index (χ1v) is 10.9. The van der Waals surface area contributed by atoms with Crippen LogP contribution in [0.2, 0.25) is 5.02 Å². The fourth-order valence-corrected chi connectivity index (χ4v) is 4.40. The van der Waals surface area contributed by atoms with E-state index in [4.69, 9.17) is 11.6 Å². The molecule has 0 N–H and O–H groups in total. The molecule has 2 heterocycles. The summed E-state index contributed by atoms with van der Waals surface area (Å²) in [6, 6.07) is 20.6. The molecule has 4 nitrogen and oxygen atoms in total. The number of hydrogen-bond acceptors (Lipinski definition) is 2. The summed E-state index contributed by atoms with van der Waals surface area (Å²) in [6.07, 6.45) is 2.32. The van der Waals surface area contributed by atoms with Crippen molar-refractivity contribution in [1.29, 1.82) is 0 Å². The SMILES string of the molecule is Cc1ccc2c(c1)c1ncn(CCc3ccccc3)c(=O)c1n2Cc1c(F)cccc1Cl. The van der Waals surface area contributed by atoms with E-state index in [1.54, 1.807) is 23.0 Å². The highest BCUT2D eigenvalue weighted by Crippen LogP contribution is 2.29. The topological polar surface area (TPSA) is 39.8 Å². The summed E-state index contributed by atoms with van der Waals surface area (Å²) in [5, 5.41) is 1.21. The van der Waals surface area contributed by atoms with Gasteiger partial charge >= 0.3 is 0 Å². The highest BCUT2D eigenvalue weighted by molar-refractivity contribution is 6.31. The van der Waals surface area contributed by atoms with Crippen molar-refractivity contribution in [2.45, 2.75) is 26.4 Å². The predicted molar refractivity (Wildman–Crippen MR) is 127 cm³/mol. The van der Waals surface area contributed by atoms with Crippen LogP contribution in [0.3, 0.4) is 0 Å². The number of halogens is 2. The quantitative estimate of drug-likeness (QED) is 0.346. The van der Waals surface area contributed by atoms with Gasteiger partial charge in [-0.25, -0.2) is 9.37 Å². The Morgan fingerprint density at radius 1 is 1.03 bits per heavy atom. The lowest BCUT2D eigenvalue weighted by Crippen LogP contribution is -2.23. The molecule has 0 bridgehead atoms. The third kappa shape index (κ3) is 3.59. The maximum absolute atomic E-state index is 14.6. The molecular weight excluding hydrogens is 425 g/mol. The highest BCUT2D eigenvalue weighted by atomic mass is 35.5. The van der Waals surface area contributed by atoms with E-state index < -0.39 is 5.82 Å². The van der Waals surface area contributed by atoms with Crippen LogP contribution in [0, 0.1) is 12.7 Å². The third-order valence-corrected chi connectivity index (χ3v) is 6.20. The zero-order valence-electron chi connectivity index (χ0n) is 17.6. The minimum absolute atomic E-state index is 0.146. The van der Waals surface area contributed by atoms with E-state index in [0.29, 0.717) is 34.6 Å². The van der Waals surface area contributed by atoms with Crippen LogP contribution in [0.4, 0.5) is 4.39 Å². The van der Waals surface area contributed by atoms with Gasteiger partial charge in [0.2, 0.25) is 0 Å². The molecular formula is C26H21ClFN3O. The molecule has 0 saturated carbocycles. The lowest BCUT2D eigenvalue weighted by atomic mass is 10.1. The number of aryl methyl sites for hydroxylation is 3. The van der Waals surface area contributed by atoms with Crippen molar-refractivity contribution in [3.8, 4) is 0 Å². The van der Waals surface area contributed by atoms with E-state index in [9.17, 15) is 9.18 Å². The van der Waals surface area contributed by atoms with Crippen molar-refractivity contribution in [1.82, 2.24) is 14.1 Å². The number of nitrogens with zero attached hydrogens (tertiary/aromatic N) is 3. The number of rotatable bonds is 5. The van der Waals surface area contributed by atoms with E-state index in [0.717, 1.165) is 22.0 Å². The van der Waals surface area contributed by atoms with Crippen LogP contribution in [0.25, 0.3) is 21.9 Å². The van der Waals surface area contributed by atoms with Crippen LogP contribution in [-0.2, 0) is 19.5 Å². The first-order valence-electron chi connectivity index (χ1n) is 10.5. The standard InChI is InChI=1S/C26H21ClFN3O/c1-17-10-11-23-19(14-17)24-25(31(23)15-20-21(27)8-5-9-22(20)28)26(32)30(16-29-24)13-12-18-6-3-2-4-7-18/h2-11,14,16H,12-13,15H2,1H3. The Morgan fingerprint density at radius 3 is 2.62 bits per heavy atom. The second-order valence-electron chi connectivity index (χ2n) is 7.98. The van der Waals surface area contributed by atoms with Gasteiger partial charge in [-0.3, -0.25) is 9.36 Å². The van der Waals surface area contributed by atoms with E-state index in [1.165, 1.54) is 6.07 Å². The van der Waals surface area contributed by atoms with Crippen molar-refractivity contribution in [2.24, 2.45) is 0 Å². The monoisotopic (exact) mass is 445 g/mol. The highest BCUT2D eigenvalue weighted by Gasteiger charge is 2.19. The molecule has 3 aromatic carbocycles. The van der Waals surface area contributed by atoms with Gasteiger partial charge in [0.25, 0.3) is 5.56 Å². The van der Waals surface area contributed by atoms with Crippen LogP contribution in [0.5, 0.6) is 0 Å². The van der Waals surface area contributed by atoms with E-state index in [2.05, 4.69) is 4.98 Å². The van der Waals surface area contributed by atoms with Gasteiger partial charge < -0.3 is 4.57 Å². The molecule has 5 rings (SSSR count). The van der Waals surface area contributed by atoms with Gasteiger partial charge in [0, 0.05) is 22.5 Å². The largest absolute Gasteiger partial charge is 0.330 e. The number of fused-ring (bicyclic) bond motifs is 3. The maximum atomic E-state index is 14.6. The summed E-state index contributed by atoms with van der Waals surface area (Å²) in [7, 11) is 0. The average Bonchev–Trinajstić information content (AvgIpc) is 3.10. The summed E-state index contributed by atoms with van der Waals surface area (Å²) in [6.45, 7) is 2.65. The molecule has 32 heavy (non-hydrogen) atoms. The molecule has 0 aliphatic rings. The third-order valence-electron chi connectivity index (χ3n) is 5.84. The van der Waals surface area contributed by atoms with Gasteiger partial charge in [-0.15, -0.1) is 0 Å². The fourth-order valence-electron chi connectivity index (χ4n) is 4.17. The Bertz CT molecular complexity index is 1480. The van der Waals surface area contributed by atoms with Gasteiger partial charge in [-0.05, 0) is 43.2 Å². The molecule has 160 valence electrons. The van der Waals surface area contributed by atoms with E-state index in [-0.39, 0.29) is 12.1 Å². The summed E-state index contributed by atoms with van der Waals surface area (Å²) < 4.78 is 18.1. The normalized spacial score (nSPS) is 11.5. The first kappa shape index (κ1) is 20.5. The Balaban J connectivity index is 1.68. The summed E-state index contributed by atoms with van der Waals surface area (Å²) in [4.78, 5) is 18.2. The van der Waals surface area contributed by atoms with Crippen LogP contribution in [0.15, 0.2) is 77.9 Å². The van der Waals surface area contributed by atoms with Crippen molar-refractivity contribution in [2.75, 3.05) is 0 Å². The van der Waals surface area contributed by atoms with Crippen molar-refractivity contribution < 1.29 is 4.39 Å². The second-order valence-corrected chi connectivity index (χ2v) is 8.39. The maximum Gasteiger partial charge on any atom is 0.277 e. The smallest absolute Gasteiger partial charge is 0.277 e. The molecule has 0 unspecified atom stereocenters. The van der Waals surface area contributed by atoms with Gasteiger partial charge in [-0.2, -0.15) is 0 Å². The predicted octanol–water partition coefficient (Wildman–Crippen LogP) is 5.74. The molecule has 0 spiro atoms. The zero-order valence-corrected chi connectivity index (χ0v) is 18.3. The molecule has 0 aliphatic heterocycles. The summed E-state index contributed by atoms with van der Waals surface area (Å²) >= 11 is 6.31. The minimum Gasteiger partial charge on any atom is -0.330 e. The van der Waals surface area contributed by atoms with Gasteiger partial charge in [0.1, 0.15) is 16.9 Å². The summed E-state index contributed by atoms with van der Waals surface area (Å²) in [5.74, 6) is -0.395. The molecule has 0 aliphatic carbocycles. The Morgan fingerprint density at radius 2 is 1.84 bits per heavy atom. The van der Waals surface area contributed by atoms with Crippen molar-refractivity contribution in [3.63, 3.8) is 0 Å². The molecule has 6 heteroatoms. The van der Waals surface area contributed by atoms with E-state index in [1.807, 2.05) is 60.0 Å². The van der Waals surface area contributed by atoms with Crippen LogP contribution in [-0.4, -0.2) is 14.1 Å². The first-order chi connectivity index (χ1) is 15.5. The molecule has 5 aromatic rings. The van der Waals surface area contributed by atoms with Crippen LogP contribution in [0.1, 0.15) is 16.7 Å². The van der Waals surface area contributed by atoms with Gasteiger partial charge in [0.05, 0.1) is 18.4 Å². The van der Waals surface area contributed by atoms with Crippen LogP contribution >= 0.6 is 11.6 Å². The molecule has 0 atom stereocenters. The Hall–Kier alpha value is -3.44. The van der Waals surface area contributed by atoms with Gasteiger partial charge in [0.15, 0.2) is 0 Å². The molecule has 0 fully saturated rings. The summed E-state index contributed by atoms with van der Waals surface area (Å²) in [5.41, 5.74) is 4.33.